The predicted octanol–water partition coefficient (Wildman–Crippen LogP) is 11.4. The van der Waals surface area contributed by atoms with Gasteiger partial charge in [0.1, 0.15) is 86.5 Å². The average molecular weight is 1850 g/mol. The number of hydrogen-bond acceptors (Lipinski definition) is 32. The molecule has 0 amide bonds. The van der Waals surface area contributed by atoms with Crippen LogP contribution in [0.3, 0.4) is 0 Å². The first-order valence-electron chi connectivity index (χ1n) is 41.5. The summed E-state index contributed by atoms with van der Waals surface area (Å²) in [5.41, 5.74) is 16.0. The van der Waals surface area contributed by atoms with Crippen molar-refractivity contribution >= 4 is 132 Å². The second-order valence-electron chi connectivity index (χ2n) is 34.2. The number of alkyl halides is 2. The van der Waals surface area contributed by atoms with Crippen LogP contribution in [0.2, 0.25) is 0 Å². The number of esters is 6. The van der Waals surface area contributed by atoms with Gasteiger partial charge in [0.25, 0.3) is 0 Å². The molecule has 124 heavy (non-hydrogen) atoms. The second-order valence-corrected chi connectivity index (χ2v) is 41.8. The number of fused-ring (bicyclic) bond motifs is 3. The molecule has 4 saturated carbocycles. The molecule has 4 aliphatic rings. The number of nitrogens with two attached hydrogens (primary N) is 3. The van der Waals surface area contributed by atoms with E-state index in [1.807, 2.05) is 69.2 Å². The van der Waals surface area contributed by atoms with E-state index >= 15 is 0 Å². The third-order valence-electron chi connectivity index (χ3n) is 18.8. The summed E-state index contributed by atoms with van der Waals surface area (Å²) in [5.74, 6) is -0.719. The smallest absolute Gasteiger partial charge is 0.350 e. The summed E-state index contributed by atoms with van der Waals surface area (Å²) in [6, 6.07) is 0. The number of imidazole rings is 3. The number of aromatic nitrogens is 12. The Morgan fingerprint density at radius 2 is 0.758 bits per heavy atom. The van der Waals surface area contributed by atoms with Crippen LogP contribution in [0.5, 0.6) is 0 Å². The molecule has 0 aromatic carbocycles. The molecule has 6 aromatic rings. The Morgan fingerprint density at radius 1 is 0.452 bits per heavy atom. The minimum atomic E-state index is -4.16. The quantitative estimate of drug-likeness (QED) is 0.00556. The van der Waals surface area contributed by atoms with Crippen molar-refractivity contribution in [3.05, 3.63) is 38.0 Å². The molecule has 0 spiro atoms. The zero-order chi connectivity index (χ0) is 90.8. The number of carbonyl (C=O) groups excluding carboxylic acids is 6. The summed E-state index contributed by atoms with van der Waals surface area (Å²) in [5, 5.41) is 12.1. The van der Waals surface area contributed by atoms with Gasteiger partial charge in [0.2, 0.25) is 14.9 Å². The van der Waals surface area contributed by atoms with Crippen LogP contribution in [0.15, 0.2) is 38.0 Å². The summed E-state index contributed by atoms with van der Waals surface area (Å²) in [4.78, 5) is 127. The first-order chi connectivity index (χ1) is 57.1. The van der Waals surface area contributed by atoms with E-state index in [2.05, 4.69) is 79.1 Å². The summed E-state index contributed by atoms with van der Waals surface area (Å²) in [7, 11) is -11.5. The van der Waals surface area contributed by atoms with Gasteiger partial charge in [0.05, 0.1) is 96.6 Å². The molecule has 4 atom stereocenters. The Hall–Kier alpha value is -7.30. The normalized spacial score (nSPS) is 16.3. The first kappa shape index (κ1) is 109. The van der Waals surface area contributed by atoms with Gasteiger partial charge < -0.3 is 95.6 Å². The predicted molar refractivity (Wildman–Crippen MR) is 472 cm³/mol. The minimum absolute atomic E-state index is 0. The van der Waals surface area contributed by atoms with Crippen molar-refractivity contribution in [2.75, 3.05) is 75.9 Å². The third-order valence-corrected chi connectivity index (χ3v) is 24.3. The Balaban J connectivity index is 0.000000355. The minimum Gasteiger partial charge on any atom is -0.464 e. The molecule has 1 unspecified atom stereocenters. The highest BCUT2D eigenvalue weighted by Crippen LogP contribution is 2.54. The number of anilines is 3. The van der Waals surface area contributed by atoms with Crippen LogP contribution < -0.4 is 49.9 Å². The molecule has 0 radical (unpaired) electrons. The maximum atomic E-state index is 14.4. The van der Waals surface area contributed by atoms with Crippen LogP contribution in [0.25, 0.3) is 33.5 Å². The van der Waals surface area contributed by atoms with Crippen molar-refractivity contribution < 1.29 is 94.9 Å². The zero-order valence-electron chi connectivity index (χ0n) is 75.0. The number of halogens is 2. The number of carbonyl (C=O) groups is 6. The number of hydrogen-bond donors (Lipinski definition) is 11. The summed E-state index contributed by atoms with van der Waals surface area (Å²) in [6.45, 7) is 34.9. The molecule has 4 fully saturated rings. The number of nitrogen functional groups attached to an aromatic ring is 3. The SMILES string of the molecule is CC(C)COC(=O)C1(Cl)CC1.CC(C)COC(=O)C1(NP(=O)(CO[C@H](C)Cn2cnc3c(N)ncnc32)NC2(C(=O)OCC(C)C)CC2)CC1.CCCCCCOC(=O)C(C)(C)NP(=O)(CO[C@H](C)Cn1cnc2c(N)ncnc21)NC1(C(=O)OCC(C)C)CC1.CCCCCOC(=O)C(C)(C)Cl.C[C@H](Cn1cnc2c(N)ncnc21)OCP(=O)(O)O.N.N. The van der Waals surface area contributed by atoms with Crippen LogP contribution in [-0.2, 0) is 105 Å². The molecular formula is C78H136Cl2N21O20P3. The van der Waals surface area contributed by atoms with Crippen LogP contribution in [-0.4, -0.2) is 213 Å². The third kappa shape index (κ3) is 35.4. The Morgan fingerprint density at radius 3 is 1.07 bits per heavy atom. The fourth-order valence-corrected chi connectivity index (χ4v) is 17.3. The highest BCUT2D eigenvalue weighted by molar-refractivity contribution is 7.60. The molecular weight excluding hydrogens is 1710 g/mol. The maximum Gasteiger partial charge on any atom is 0.350 e. The Labute approximate surface area is 736 Å². The van der Waals surface area contributed by atoms with Gasteiger partial charge in [-0.3, -0.25) is 42.5 Å². The van der Waals surface area contributed by atoms with E-state index in [1.165, 1.54) is 25.3 Å². The van der Waals surface area contributed by atoms with Gasteiger partial charge in [0.15, 0.2) is 34.4 Å². The van der Waals surface area contributed by atoms with E-state index in [9.17, 15) is 42.5 Å². The van der Waals surface area contributed by atoms with Crippen LogP contribution in [0.4, 0.5) is 17.5 Å². The molecule has 41 nitrogen and oxygen atoms in total. The van der Waals surface area contributed by atoms with E-state index in [0.29, 0.717) is 111 Å². The second kappa shape index (κ2) is 48.8. The summed E-state index contributed by atoms with van der Waals surface area (Å²) >= 11 is 11.5. The van der Waals surface area contributed by atoms with E-state index in [-0.39, 0.29) is 98.6 Å². The number of nitrogens with zero attached hydrogens (tertiary/aromatic N) is 12. The number of ether oxygens (including phenoxy) is 9. The average Bonchev–Trinajstić information content (AvgIpc) is 1.58. The largest absolute Gasteiger partial charge is 0.464 e. The summed E-state index contributed by atoms with van der Waals surface area (Å²) < 4.78 is 93.7. The van der Waals surface area contributed by atoms with Crippen molar-refractivity contribution in [3.63, 3.8) is 0 Å². The van der Waals surface area contributed by atoms with Crippen molar-refractivity contribution in [2.24, 2.45) is 23.7 Å². The van der Waals surface area contributed by atoms with Crippen molar-refractivity contribution in [2.45, 2.75) is 284 Å². The number of nitrogens with one attached hydrogen (secondary N) is 4. The lowest BCUT2D eigenvalue weighted by Crippen LogP contribution is -2.51. The van der Waals surface area contributed by atoms with Gasteiger partial charge in [0, 0.05) is 0 Å². The molecule has 4 aliphatic carbocycles. The fraction of sp³-hybridized carbons (Fsp3) is 0.731. The van der Waals surface area contributed by atoms with Gasteiger partial charge in [-0.2, -0.15) is 0 Å². The van der Waals surface area contributed by atoms with Gasteiger partial charge in [-0.1, -0.05) is 101 Å². The van der Waals surface area contributed by atoms with Crippen LogP contribution in [0.1, 0.15) is 214 Å². The topological polar surface area (TPSA) is 604 Å². The van der Waals surface area contributed by atoms with E-state index in [4.69, 9.17) is 92.8 Å². The molecule has 6 heterocycles. The van der Waals surface area contributed by atoms with Gasteiger partial charge >= 0.3 is 43.4 Å². The first-order valence-corrected chi connectivity index (χ1v) is 47.8. The molecule has 0 bridgehead atoms. The molecule has 0 saturated heterocycles. The Kier molecular flexibility index (Phi) is 42.9. The lowest BCUT2D eigenvalue weighted by atomic mass is 10.1. The molecule has 18 N–H and O–H groups in total. The molecule has 46 heteroatoms. The molecule has 10 rings (SSSR count). The Bertz CT molecular complexity index is 4500. The summed E-state index contributed by atoms with van der Waals surface area (Å²) in [6.07, 6.45) is 17.8. The molecule has 0 aliphatic heterocycles. The van der Waals surface area contributed by atoms with E-state index in [1.54, 1.807) is 61.0 Å². The molecule has 6 aromatic heterocycles. The van der Waals surface area contributed by atoms with Gasteiger partial charge in [-0.05, 0) is 136 Å². The van der Waals surface area contributed by atoms with Crippen molar-refractivity contribution in [1.82, 2.24) is 91.2 Å². The number of unbranched alkanes of at least 4 members (excludes halogenated alkanes) is 5. The van der Waals surface area contributed by atoms with Crippen LogP contribution in [0, 0.1) is 23.7 Å². The van der Waals surface area contributed by atoms with Gasteiger partial charge in [-0.15, -0.1) is 23.2 Å². The standard InChI is InChI=1S/C27H46N7O6P.C25H40N7O6P.C9H17ClO2.C9H14N5O4P.C8H13ClO2.2H3N/c1-7-8-9-10-13-38-24(35)26(5,6)32-41(37,33-27(11-12-27)25(36)39-15-19(2)3)18-40-20(4)14-34-17-31-21-22(28)29-16-30-23(21)34;1-16(2)11-36-22(33)24(6-7-24)30-39(35,31-25(8-9-25)23(34)37-12-17(3)4)15-38-18(5)10-32-14-29-19-20(26)27-13-28-21(19)32;1-4-5-6-7-12-8(11)9(2,3)10;1-6(18-5-19(15,16)17)2-14-4-13-7-8(10)11-3-12-9(7)14;1-6(2)5-11-7(10)8(9)3-4-8;;/h16-17,19-20H,7-15,18H2,1-6H3,(H2,28,29,30)(H2,32,33,37);13-14,16-18H,6-12,15H2,1-5H3,(H2,26,27,28)(H2,30,31,35);4-7H2,1-3H3;3-4,6H,2,5H2,1H3,(H2,10,11,12)(H2,15,16,17);6H,3-5H2,1-2H3;2*1H3/t20-,41?;18-;;6-;;;/m11.1.../s1. The van der Waals surface area contributed by atoms with Crippen LogP contribution >= 0.6 is 45.7 Å². The van der Waals surface area contributed by atoms with Gasteiger partial charge in [-0.25, -0.2) is 65.2 Å². The fourth-order valence-electron chi connectivity index (χ4n) is 11.3. The highest BCUT2D eigenvalue weighted by Gasteiger charge is 2.60. The van der Waals surface area contributed by atoms with E-state index < -0.39 is 103 Å². The monoisotopic (exact) mass is 1850 g/mol. The maximum absolute atomic E-state index is 14.4. The zero-order valence-corrected chi connectivity index (χ0v) is 79.1. The molecule has 702 valence electrons. The lowest BCUT2D eigenvalue weighted by molar-refractivity contribution is -0.150. The number of rotatable bonds is 46. The highest BCUT2D eigenvalue weighted by atomic mass is 35.5. The van der Waals surface area contributed by atoms with Crippen molar-refractivity contribution in [3.8, 4) is 0 Å². The van der Waals surface area contributed by atoms with Crippen molar-refractivity contribution in [1.29, 1.82) is 0 Å². The lowest BCUT2D eigenvalue weighted by Gasteiger charge is -2.33. The van der Waals surface area contributed by atoms with E-state index in [0.717, 1.165) is 57.8 Å².